The van der Waals surface area contributed by atoms with Gasteiger partial charge in [0.2, 0.25) is 0 Å². The van der Waals surface area contributed by atoms with Gasteiger partial charge < -0.3 is 24.7 Å². The minimum absolute atomic E-state index is 0.0475. The summed E-state index contributed by atoms with van der Waals surface area (Å²) in [4.78, 5) is 34.0. The number of benzene rings is 8. The van der Waals surface area contributed by atoms with Crippen molar-refractivity contribution in [1.82, 2.24) is 73.7 Å². The van der Waals surface area contributed by atoms with E-state index in [0.717, 1.165) is 85.8 Å². The molecule has 0 radical (unpaired) electrons. The fourth-order valence-electron chi connectivity index (χ4n) is 14.3. The largest absolute Gasteiger partial charge is 0.365 e. The van der Waals surface area contributed by atoms with Crippen LogP contribution in [0.2, 0.25) is 0 Å². The van der Waals surface area contributed by atoms with Crippen molar-refractivity contribution in [3.8, 4) is 44.5 Å². The van der Waals surface area contributed by atoms with Gasteiger partial charge in [0.05, 0.1) is 116 Å². The Hall–Kier alpha value is -13.7. The van der Waals surface area contributed by atoms with Gasteiger partial charge in [0.1, 0.15) is 34.9 Å². The topological polar surface area (TPSA) is 236 Å². The Kier molecular flexibility index (Phi) is 23.9. The first-order valence-electron chi connectivity index (χ1n) is 37.7. The second-order valence-corrected chi connectivity index (χ2v) is 32.3. The number of hydrogen-bond acceptors (Lipinski definition) is 14. The van der Waals surface area contributed by atoms with Crippen LogP contribution in [0.1, 0.15) is 54.1 Å². The van der Waals surface area contributed by atoms with Gasteiger partial charge in [0.25, 0.3) is 11.8 Å². The molecule has 2 N–H and O–H groups in total. The lowest BCUT2D eigenvalue weighted by Crippen LogP contribution is -2.32. The van der Waals surface area contributed by atoms with Crippen molar-refractivity contribution in [1.29, 1.82) is 0 Å². The van der Waals surface area contributed by atoms with E-state index in [2.05, 4.69) is 80.3 Å². The maximum absolute atomic E-state index is 15.1. The number of fused-ring (bicyclic) bond motifs is 4. The van der Waals surface area contributed by atoms with Gasteiger partial charge in [-0.1, -0.05) is 103 Å². The number of halogens is 6. The van der Waals surface area contributed by atoms with Crippen LogP contribution < -0.4 is 15.5 Å². The highest BCUT2D eigenvalue weighted by Gasteiger charge is 2.28. The molecule has 0 saturated heterocycles. The first kappa shape index (κ1) is 80.5. The molecule has 18 rings (SSSR count). The minimum atomic E-state index is -4.15. The lowest BCUT2D eigenvalue weighted by molar-refractivity contribution is 0.0954. The van der Waals surface area contributed by atoms with E-state index in [0.29, 0.717) is 71.5 Å². The lowest BCUT2D eigenvalue weighted by Gasteiger charge is -2.30. The van der Waals surface area contributed by atoms with Crippen LogP contribution in [0.4, 0.5) is 37.7 Å². The molecule has 8 aromatic carbocycles. The fourth-order valence-corrected chi connectivity index (χ4v) is 17.0. The van der Waals surface area contributed by atoms with Gasteiger partial charge >= 0.3 is 0 Å². The molecule has 0 aliphatic carbocycles. The van der Waals surface area contributed by atoms with Crippen LogP contribution in [-0.2, 0) is 88.1 Å². The van der Waals surface area contributed by atoms with Gasteiger partial charge in [-0.05, 0) is 100 Å². The summed E-state index contributed by atoms with van der Waals surface area (Å²) in [6.07, 6.45) is 22.8. The standard InChI is InChI=1S/C26H21F3N6O3S.C25H20FN5O.C19H18FN3OS.C19H18FN3/c1-34-13-19(12-33-34)16-2-3-18(21(28)8-16)14-35-15-24(25-22(29)9-20(27)10-23(25)35)39(37,38)7-6-30-26(36)17-4-5-31-32-11-17;1-30-14-19(12-28-30)17-8-9-18(23(26)11-17)15-31-16-22(21-6-2-3-7-24(21)31)25(32)29-20-5-4-10-27-13-20;1-22-12-16(11-21-22)14-6-7-15(17(20)10-14)13-23-8-9-25(24)19-5-3-2-4-18(19)23;1-22-10-18(9-21-22)14-6-7-17(19(20)8-14)13-23-11-15-4-2-3-5-16(15)12-23/h2-5,8-13,15H,6-7,14H2,1H3,(H,30,36);2-14,16H,15H2,1H3,(H,29,32);2-7,10-12H,8-9,13H2,1H3;2-10H,11-13H2,1H3. The van der Waals surface area contributed by atoms with Crippen molar-refractivity contribution in [3.63, 3.8) is 0 Å². The van der Waals surface area contributed by atoms with Gasteiger partial charge in [-0.2, -0.15) is 30.6 Å². The molecule has 8 aromatic heterocycles. The Labute approximate surface area is 682 Å². The van der Waals surface area contributed by atoms with Crippen LogP contribution in [-0.4, -0.2) is 117 Å². The molecule has 30 heteroatoms. The third-order valence-corrected chi connectivity index (χ3v) is 23.5. The molecule has 1 unspecified atom stereocenters. The van der Waals surface area contributed by atoms with Crippen LogP contribution in [0.25, 0.3) is 66.3 Å². The van der Waals surface area contributed by atoms with Crippen LogP contribution in [0.5, 0.6) is 0 Å². The number of hydrogen-bond donors (Lipinski definition) is 2. The number of amides is 2. The van der Waals surface area contributed by atoms with Crippen LogP contribution >= 0.6 is 0 Å². The number of rotatable bonds is 19. The van der Waals surface area contributed by atoms with Crippen molar-refractivity contribution in [2.24, 2.45) is 28.2 Å². The molecule has 0 fully saturated rings. The van der Waals surface area contributed by atoms with E-state index < -0.39 is 49.7 Å². The molecule has 10 heterocycles. The predicted octanol–water partition coefficient (Wildman–Crippen LogP) is 15.5. The molecular formula is C89H77F6N17O5S2. The second-order valence-electron chi connectivity index (χ2n) is 28.7. The summed E-state index contributed by atoms with van der Waals surface area (Å²) in [6.45, 7) is 3.39. The smallest absolute Gasteiger partial charge is 0.257 e. The zero-order chi connectivity index (χ0) is 83.0. The van der Waals surface area contributed by atoms with Gasteiger partial charge in [0.15, 0.2) is 9.84 Å². The van der Waals surface area contributed by atoms with Crippen LogP contribution in [0.3, 0.4) is 0 Å². The molecule has 2 amide bonds. The Morgan fingerprint density at radius 2 is 0.983 bits per heavy atom. The van der Waals surface area contributed by atoms with Crippen LogP contribution in [0.15, 0.2) is 272 Å². The lowest BCUT2D eigenvalue weighted by atomic mass is 10.1. The number of aromatic nitrogens is 13. The number of sulfone groups is 1. The summed E-state index contributed by atoms with van der Waals surface area (Å²) in [5.41, 5.74) is 14.3. The maximum Gasteiger partial charge on any atom is 0.257 e. The third-order valence-electron chi connectivity index (χ3n) is 20.4. The molecule has 2 aliphatic rings. The van der Waals surface area contributed by atoms with Crippen LogP contribution in [0, 0.1) is 34.9 Å². The van der Waals surface area contributed by atoms with Gasteiger partial charge in [-0.15, -0.1) is 0 Å². The van der Waals surface area contributed by atoms with Crippen molar-refractivity contribution in [2.45, 2.75) is 49.1 Å². The number of pyridine rings is 1. The predicted molar refractivity (Wildman–Crippen MR) is 443 cm³/mol. The fraction of sp³-hybridized carbons (Fsp3) is 0.157. The second kappa shape index (κ2) is 35.4. The number of carbonyl (C=O) groups is 2. The number of nitrogens with zero attached hydrogens (tertiary/aromatic N) is 15. The number of nitrogens with one attached hydrogen (secondary N) is 2. The first-order chi connectivity index (χ1) is 57.5. The summed E-state index contributed by atoms with van der Waals surface area (Å²) >= 11 is 0. The molecule has 119 heavy (non-hydrogen) atoms. The molecule has 0 bridgehead atoms. The van der Waals surface area contributed by atoms with E-state index >= 15 is 4.39 Å². The van der Waals surface area contributed by atoms with Crippen molar-refractivity contribution in [2.75, 3.05) is 34.8 Å². The summed E-state index contributed by atoms with van der Waals surface area (Å²) in [6, 6.07) is 50.7. The van der Waals surface area contributed by atoms with Crippen molar-refractivity contribution >= 4 is 65.6 Å². The van der Waals surface area contributed by atoms with E-state index in [9.17, 15) is 44.2 Å². The van der Waals surface area contributed by atoms with E-state index in [1.54, 1.807) is 112 Å². The highest BCUT2D eigenvalue weighted by molar-refractivity contribution is 7.91. The normalized spacial score (nSPS) is 13.1. The number of aryl methyl sites for hydroxylation is 4. The Morgan fingerprint density at radius 1 is 0.471 bits per heavy atom. The van der Waals surface area contributed by atoms with E-state index in [1.165, 1.54) is 52.4 Å². The average molecular weight is 1640 g/mol. The van der Waals surface area contributed by atoms with Crippen molar-refractivity contribution < 1.29 is 48.6 Å². The quantitative estimate of drug-likeness (QED) is 0.0717. The SMILES string of the molecule is Cn1cc(-c2ccc(CN3CCS(=O)c4ccccc43)c(F)c2)cn1.Cn1cc(-c2ccc(CN3Cc4ccccc4C3)c(F)c2)cn1.Cn1cc(-c2ccc(Cn3cc(C(=O)Nc4cccnc4)c4ccccc43)c(F)c2)cn1.Cn1cc(-c2ccc(Cn3cc(S(=O)(=O)CCNC(=O)c4ccnnc4)c4c(F)cc(F)cc43)c(F)c2)cn1. The zero-order valence-corrected chi connectivity index (χ0v) is 66.4. The Balaban J connectivity index is 0.000000126. The van der Waals surface area contributed by atoms with Crippen molar-refractivity contribution in [3.05, 3.63) is 342 Å². The molecule has 22 nitrogen and oxygen atoms in total. The molecular weight excluding hydrogens is 1570 g/mol. The molecule has 2 aliphatic heterocycles. The molecule has 0 spiro atoms. The summed E-state index contributed by atoms with van der Waals surface area (Å²) in [5.74, 6) is -4.00. The summed E-state index contributed by atoms with van der Waals surface area (Å²) in [7, 11) is 2.14. The number of para-hydroxylation sites is 2. The third kappa shape index (κ3) is 18.7. The molecule has 602 valence electrons. The average Bonchev–Trinajstić information content (AvgIpc) is 1.62. The summed E-state index contributed by atoms with van der Waals surface area (Å²) < 4.78 is 137. The summed E-state index contributed by atoms with van der Waals surface area (Å²) in [5, 5.41) is 29.5. The van der Waals surface area contributed by atoms with E-state index in [4.69, 9.17) is 0 Å². The van der Waals surface area contributed by atoms with Gasteiger partial charge in [0, 0.05) is 178 Å². The molecule has 0 saturated carbocycles. The number of anilines is 2. The highest BCUT2D eigenvalue weighted by atomic mass is 32.2. The van der Waals surface area contributed by atoms with Gasteiger partial charge in [-0.25, -0.2) is 34.8 Å². The Morgan fingerprint density at radius 3 is 1.50 bits per heavy atom. The molecule has 16 aromatic rings. The Bertz CT molecular complexity index is 6540. The zero-order valence-electron chi connectivity index (χ0n) is 64.7. The van der Waals surface area contributed by atoms with E-state index in [-0.39, 0.29) is 63.4 Å². The van der Waals surface area contributed by atoms with E-state index in [1.807, 2.05) is 123 Å². The maximum atomic E-state index is 15.1. The molecule has 1 atom stereocenters. The van der Waals surface area contributed by atoms with Gasteiger partial charge in [-0.3, -0.25) is 42.4 Å². The first-order valence-corrected chi connectivity index (χ1v) is 40.6. The monoisotopic (exact) mass is 1640 g/mol. The number of carbonyl (C=O) groups excluding carboxylic acids is 2. The highest BCUT2D eigenvalue weighted by Crippen LogP contribution is 2.35. The minimum Gasteiger partial charge on any atom is -0.365 e.